The summed E-state index contributed by atoms with van der Waals surface area (Å²) in [6.07, 6.45) is 8.62. The van der Waals surface area contributed by atoms with Crippen LogP contribution in [0.15, 0.2) is 119 Å². The summed E-state index contributed by atoms with van der Waals surface area (Å²) in [7, 11) is -7.20. The Labute approximate surface area is 311 Å². The molecule has 53 heavy (non-hydrogen) atoms. The normalized spacial score (nSPS) is 17.4. The van der Waals surface area contributed by atoms with Gasteiger partial charge in [0.1, 0.15) is 24.7 Å². The van der Waals surface area contributed by atoms with Crippen LogP contribution in [0.25, 0.3) is 11.1 Å². The smallest absolute Gasteiger partial charge is 0.261 e. The van der Waals surface area contributed by atoms with Crippen LogP contribution in [0.3, 0.4) is 0 Å². The highest BCUT2D eigenvalue weighted by atomic mass is 32.2. The monoisotopic (exact) mass is 758 g/mol. The van der Waals surface area contributed by atoms with Crippen molar-refractivity contribution in [3.8, 4) is 11.5 Å². The van der Waals surface area contributed by atoms with Gasteiger partial charge in [0.2, 0.25) is 0 Å². The van der Waals surface area contributed by atoms with E-state index in [0.29, 0.717) is 36.4 Å². The Morgan fingerprint density at radius 3 is 1.28 bits per heavy atom. The number of sulfonamides is 2. The number of ether oxygens (including phenoxy) is 2. The molecule has 4 aliphatic heterocycles. The first kappa shape index (κ1) is 38.1. The molecule has 0 unspecified atom stereocenters. The average Bonchev–Trinajstić information content (AvgIpc) is 3.19. The fourth-order valence-electron chi connectivity index (χ4n) is 7.22. The Hall–Kier alpha value is -4.66. The zero-order valence-electron chi connectivity index (χ0n) is 29.4. The first-order chi connectivity index (χ1) is 25.3. The molecule has 0 radical (unpaired) electrons. The maximum Gasteiger partial charge on any atom is 0.261 e. The molecule has 8 rings (SSSR count). The first-order valence-electron chi connectivity index (χ1n) is 17.8. The molecule has 0 atom stereocenters. The summed E-state index contributed by atoms with van der Waals surface area (Å²) in [6, 6.07) is 27.8. The third kappa shape index (κ3) is 9.11. The summed E-state index contributed by atoms with van der Waals surface area (Å²) in [5, 5.41) is 6.78. The Morgan fingerprint density at radius 2 is 0.906 bits per heavy atom. The predicted octanol–water partition coefficient (Wildman–Crippen LogP) is 5.70. The summed E-state index contributed by atoms with van der Waals surface area (Å²) in [5.41, 5.74) is 5.64. The maximum atomic E-state index is 12.6. The van der Waals surface area contributed by atoms with Crippen LogP contribution in [0, 0.1) is 11.8 Å². The lowest BCUT2D eigenvalue weighted by Gasteiger charge is -2.29. The van der Waals surface area contributed by atoms with Gasteiger partial charge in [-0.2, -0.15) is 0 Å². The first-order valence-corrected chi connectivity index (χ1v) is 20.8. The lowest BCUT2D eigenvalue weighted by atomic mass is 9.84. The number of anilines is 2. The minimum Gasteiger partial charge on any atom is -0.489 e. The van der Waals surface area contributed by atoms with E-state index < -0.39 is 20.0 Å². The standard InChI is InChI=1S/2C20H22N2O3S.H2O/c2*23-26(24,17-4-2-1-3-5-17)22-16-6-7-20-19(14-16)18(10-13-25-20)15-8-11-21-12-9-15;/h2*1-7,10,14-15,21-22H,8-9,11-13H2;1H2. The molecular formula is C40H46N4O7S2. The molecule has 0 aromatic heterocycles. The molecular weight excluding hydrogens is 713 g/mol. The Balaban J connectivity index is 0.000000178. The molecule has 4 aromatic rings. The molecule has 280 valence electrons. The van der Waals surface area contributed by atoms with Crippen LogP contribution in [-0.4, -0.2) is 61.7 Å². The van der Waals surface area contributed by atoms with Crippen molar-refractivity contribution >= 4 is 42.6 Å². The van der Waals surface area contributed by atoms with Crippen molar-refractivity contribution in [2.45, 2.75) is 35.5 Å². The minimum atomic E-state index is -3.60. The fourth-order valence-corrected chi connectivity index (χ4v) is 9.36. The number of hydrogen-bond acceptors (Lipinski definition) is 8. The van der Waals surface area contributed by atoms with Crippen LogP contribution in [0.5, 0.6) is 11.5 Å². The van der Waals surface area contributed by atoms with Crippen LogP contribution >= 0.6 is 0 Å². The number of hydrogen-bond donors (Lipinski definition) is 4. The van der Waals surface area contributed by atoms with Gasteiger partial charge in [-0.3, -0.25) is 9.44 Å². The number of benzene rings is 4. The molecule has 2 saturated heterocycles. The molecule has 11 nitrogen and oxygen atoms in total. The van der Waals surface area contributed by atoms with Crippen molar-refractivity contribution in [2.24, 2.45) is 11.8 Å². The summed E-state index contributed by atoms with van der Waals surface area (Å²) in [6.45, 7) is 5.19. The SMILES string of the molecule is O.O=S(=O)(Nc1ccc2c(c1)C(C1CCNCC1)=CCO2)c1ccccc1.O=S(=O)(Nc1ccc2c(c1)C(C1CCNCC1)=CCO2)c1ccccc1. The molecule has 13 heteroatoms. The third-order valence-corrected chi connectivity index (χ3v) is 12.6. The van der Waals surface area contributed by atoms with E-state index in [1.54, 1.807) is 72.8 Å². The minimum absolute atomic E-state index is 0. The van der Waals surface area contributed by atoms with Gasteiger partial charge in [0, 0.05) is 22.5 Å². The van der Waals surface area contributed by atoms with Crippen LogP contribution < -0.4 is 29.6 Å². The van der Waals surface area contributed by atoms with Crippen LogP contribution in [0.2, 0.25) is 0 Å². The van der Waals surface area contributed by atoms with E-state index in [1.807, 2.05) is 24.3 Å². The topological polar surface area (TPSA) is 166 Å². The number of allylic oxidation sites excluding steroid dienone is 2. The van der Waals surface area contributed by atoms with Gasteiger partial charge in [-0.1, -0.05) is 36.4 Å². The average molecular weight is 759 g/mol. The summed E-state index contributed by atoms with van der Waals surface area (Å²) in [4.78, 5) is 0.506. The van der Waals surface area contributed by atoms with Gasteiger partial charge in [0.15, 0.2) is 0 Å². The number of fused-ring (bicyclic) bond motifs is 2. The number of rotatable bonds is 8. The zero-order chi connectivity index (χ0) is 36.0. The van der Waals surface area contributed by atoms with Gasteiger partial charge in [0.05, 0.1) is 9.79 Å². The van der Waals surface area contributed by atoms with Crippen molar-refractivity contribution < 1.29 is 31.8 Å². The van der Waals surface area contributed by atoms with E-state index in [2.05, 4.69) is 32.2 Å². The molecule has 6 N–H and O–H groups in total. The highest BCUT2D eigenvalue weighted by Gasteiger charge is 2.26. The quantitative estimate of drug-likeness (QED) is 0.178. The van der Waals surface area contributed by atoms with Crippen molar-refractivity contribution in [1.29, 1.82) is 0 Å². The van der Waals surface area contributed by atoms with Gasteiger partial charge in [-0.15, -0.1) is 0 Å². The molecule has 0 spiro atoms. The second-order valence-corrected chi connectivity index (χ2v) is 16.6. The summed E-state index contributed by atoms with van der Waals surface area (Å²) in [5.74, 6) is 2.62. The Bertz CT molecular complexity index is 1990. The lowest BCUT2D eigenvalue weighted by molar-refractivity contribution is 0.351. The maximum absolute atomic E-state index is 12.6. The predicted molar refractivity (Wildman–Crippen MR) is 209 cm³/mol. The zero-order valence-corrected chi connectivity index (χ0v) is 31.0. The highest BCUT2D eigenvalue weighted by molar-refractivity contribution is 7.93. The van der Waals surface area contributed by atoms with E-state index in [4.69, 9.17) is 9.47 Å². The Kier molecular flexibility index (Phi) is 12.2. The lowest BCUT2D eigenvalue weighted by Crippen LogP contribution is -2.29. The largest absolute Gasteiger partial charge is 0.489 e. The van der Waals surface area contributed by atoms with Crippen molar-refractivity contribution in [2.75, 3.05) is 48.8 Å². The van der Waals surface area contributed by atoms with E-state index >= 15 is 0 Å². The van der Waals surface area contributed by atoms with E-state index in [9.17, 15) is 16.8 Å². The van der Waals surface area contributed by atoms with Crippen LogP contribution in [0.1, 0.15) is 36.8 Å². The second-order valence-electron chi connectivity index (χ2n) is 13.2. The molecule has 4 aliphatic rings. The summed E-state index contributed by atoms with van der Waals surface area (Å²) >= 11 is 0. The molecule has 0 amide bonds. The van der Waals surface area contributed by atoms with Crippen molar-refractivity contribution in [1.82, 2.24) is 10.6 Å². The van der Waals surface area contributed by atoms with Crippen LogP contribution in [-0.2, 0) is 20.0 Å². The van der Waals surface area contributed by atoms with Crippen molar-refractivity contribution in [3.05, 3.63) is 120 Å². The van der Waals surface area contributed by atoms with Crippen LogP contribution in [0.4, 0.5) is 11.4 Å². The van der Waals surface area contributed by atoms with Gasteiger partial charge in [-0.25, -0.2) is 16.8 Å². The second kappa shape index (κ2) is 17.0. The summed E-state index contributed by atoms with van der Waals surface area (Å²) < 4.78 is 67.2. The van der Waals surface area contributed by atoms with Gasteiger partial charge < -0.3 is 25.6 Å². The van der Waals surface area contributed by atoms with E-state index in [0.717, 1.165) is 74.5 Å². The molecule has 0 bridgehead atoms. The molecule has 2 fully saturated rings. The number of piperidine rings is 2. The van der Waals surface area contributed by atoms with E-state index in [-0.39, 0.29) is 15.3 Å². The molecule has 0 saturated carbocycles. The van der Waals surface area contributed by atoms with E-state index in [1.165, 1.54) is 11.1 Å². The van der Waals surface area contributed by atoms with Gasteiger partial charge in [-0.05, 0) is 148 Å². The third-order valence-electron chi connectivity index (χ3n) is 9.83. The van der Waals surface area contributed by atoms with Gasteiger partial charge in [0.25, 0.3) is 20.0 Å². The fraction of sp³-hybridized carbons (Fsp3) is 0.300. The highest BCUT2D eigenvalue weighted by Crippen LogP contribution is 2.41. The van der Waals surface area contributed by atoms with Gasteiger partial charge >= 0.3 is 0 Å². The molecule has 4 aromatic carbocycles. The Morgan fingerprint density at radius 1 is 0.528 bits per heavy atom. The number of nitrogens with one attached hydrogen (secondary N) is 4. The van der Waals surface area contributed by atoms with Crippen molar-refractivity contribution in [3.63, 3.8) is 0 Å². The molecule has 4 heterocycles. The molecule has 0 aliphatic carbocycles.